The predicted molar refractivity (Wildman–Crippen MR) is 87.8 cm³/mol. The number of benzene rings is 2. The average molecular weight is 310 g/mol. The van der Waals surface area contributed by atoms with E-state index in [0.29, 0.717) is 12.1 Å². The van der Waals surface area contributed by atoms with Crippen LogP contribution in [-0.2, 0) is 6.54 Å². The van der Waals surface area contributed by atoms with E-state index >= 15 is 0 Å². The molecule has 0 aliphatic carbocycles. The molecule has 5 nitrogen and oxygen atoms in total. The van der Waals surface area contributed by atoms with Gasteiger partial charge in [-0.15, -0.1) is 0 Å². The van der Waals surface area contributed by atoms with Gasteiger partial charge in [-0.05, 0) is 12.1 Å². The summed E-state index contributed by atoms with van der Waals surface area (Å²) in [5.74, 6) is -0.240. The number of carbonyl (C=O) groups excluding carboxylic acids is 1. The molecular formula is C17H15FN4O. The lowest BCUT2D eigenvalue weighted by molar-refractivity contribution is 0.249. The molecule has 0 fully saturated rings. The number of nitrogens with one attached hydrogen (secondary N) is 1. The Labute approximate surface area is 132 Å². The lowest BCUT2D eigenvalue weighted by atomic mass is 10.2. The normalized spacial score (nSPS) is 11.2. The second kappa shape index (κ2) is 6.31. The summed E-state index contributed by atoms with van der Waals surface area (Å²) in [6.45, 7) is 0.407. The van der Waals surface area contributed by atoms with Crippen molar-refractivity contribution in [1.82, 2.24) is 9.99 Å². The van der Waals surface area contributed by atoms with E-state index in [4.69, 9.17) is 5.73 Å². The van der Waals surface area contributed by atoms with Crippen molar-refractivity contribution in [3.05, 3.63) is 71.7 Å². The first kappa shape index (κ1) is 14.8. The zero-order valence-electron chi connectivity index (χ0n) is 12.2. The standard InChI is InChI=1S/C17H15FN4O/c18-15-7-3-1-5-12(15)10-22-11-13(9-20-21-17(19)23)14-6-2-4-8-16(14)22/h1-9,11H,10H2,(H3,19,21,23)/b20-9-. The van der Waals surface area contributed by atoms with Crippen molar-refractivity contribution >= 4 is 23.1 Å². The van der Waals surface area contributed by atoms with Crippen molar-refractivity contribution < 1.29 is 9.18 Å². The molecule has 3 aromatic rings. The fourth-order valence-electron chi connectivity index (χ4n) is 2.48. The van der Waals surface area contributed by atoms with E-state index in [-0.39, 0.29) is 5.82 Å². The number of para-hydroxylation sites is 1. The van der Waals surface area contributed by atoms with Crippen molar-refractivity contribution in [3.8, 4) is 0 Å². The van der Waals surface area contributed by atoms with Gasteiger partial charge in [-0.2, -0.15) is 5.10 Å². The Morgan fingerprint density at radius 1 is 1.22 bits per heavy atom. The maximum atomic E-state index is 13.9. The van der Waals surface area contributed by atoms with Gasteiger partial charge in [0, 0.05) is 28.2 Å². The summed E-state index contributed by atoms with van der Waals surface area (Å²) in [5, 5.41) is 4.75. The molecule has 2 aromatic carbocycles. The number of hydrogen-bond acceptors (Lipinski definition) is 2. The summed E-state index contributed by atoms with van der Waals surface area (Å²) >= 11 is 0. The van der Waals surface area contributed by atoms with Crippen LogP contribution < -0.4 is 11.2 Å². The lowest BCUT2D eigenvalue weighted by Crippen LogP contribution is -2.24. The van der Waals surface area contributed by atoms with Gasteiger partial charge in [0.1, 0.15) is 5.82 Å². The first-order valence-electron chi connectivity index (χ1n) is 7.05. The maximum absolute atomic E-state index is 13.9. The van der Waals surface area contributed by atoms with Gasteiger partial charge in [-0.1, -0.05) is 36.4 Å². The zero-order valence-corrected chi connectivity index (χ0v) is 12.2. The number of primary amides is 1. The predicted octanol–water partition coefficient (Wildman–Crippen LogP) is 2.83. The smallest absolute Gasteiger partial charge is 0.332 e. The lowest BCUT2D eigenvalue weighted by Gasteiger charge is -2.06. The van der Waals surface area contributed by atoms with Crippen LogP contribution in [0.25, 0.3) is 10.9 Å². The minimum Gasteiger partial charge on any atom is -0.350 e. The number of nitrogens with two attached hydrogens (primary N) is 1. The Morgan fingerprint density at radius 3 is 2.74 bits per heavy atom. The number of nitrogens with zero attached hydrogens (tertiary/aromatic N) is 2. The third-order valence-corrected chi connectivity index (χ3v) is 3.50. The second-order valence-electron chi connectivity index (χ2n) is 5.06. The van der Waals surface area contributed by atoms with Crippen LogP contribution in [0, 0.1) is 5.82 Å². The highest BCUT2D eigenvalue weighted by Crippen LogP contribution is 2.21. The molecule has 3 rings (SSSR count). The maximum Gasteiger partial charge on any atom is 0.332 e. The van der Waals surface area contributed by atoms with Crippen LogP contribution >= 0.6 is 0 Å². The van der Waals surface area contributed by atoms with Gasteiger partial charge in [0.25, 0.3) is 0 Å². The van der Waals surface area contributed by atoms with Crippen molar-refractivity contribution in [2.45, 2.75) is 6.54 Å². The van der Waals surface area contributed by atoms with Gasteiger partial charge >= 0.3 is 6.03 Å². The minimum absolute atomic E-state index is 0.240. The van der Waals surface area contributed by atoms with Crippen LogP contribution in [0.3, 0.4) is 0 Å². The Bertz CT molecular complexity index is 885. The Morgan fingerprint density at radius 2 is 1.96 bits per heavy atom. The summed E-state index contributed by atoms with van der Waals surface area (Å²) in [4.78, 5) is 10.7. The molecule has 0 saturated carbocycles. The van der Waals surface area contributed by atoms with E-state index < -0.39 is 6.03 Å². The number of fused-ring (bicyclic) bond motifs is 1. The van der Waals surface area contributed by atoms with E-state index in [2.05, 4.69) is 10.5 Å². The number of urea groups is 1. The van der Waals surface area contributed by atoms with Crippen molar-refractivity contribution in [1.29, 1.82) is 0 Å². The molecule has 0 spiro atoms. The summed E-state index contributed by atoms with van der Waals surface area (Å²) < 4.78 is 15.8. The largest absolute Gasteiger partial charge is 0.350 e. The molecule has 1 aromatic heterocycles. The van der Waals surface area contributed by atoms with Crippen LogP contribution in [-0.4, -0.2) is 16.8 Å². The number of halogens is 1. The molecule has 0 unspecified atom stereocenters. The van der Waals surface area contributed by atoms with E-state index in [1.165, 1.54) is 12.3 Å². The van der Waals surface area contributed by atoms with Gasteiger partial charge in [-0.3, -0.25) is 0 Å². The van der Waals surface area contributed by atoms with Gasteiger partial charge in [0.05, 0.1) is 12.8 Å². The molecule has 116 valence electrons. The summed E-state index contributed by atoms with van der Waals surface area (Å²) in [6.07, 6.45) is 3.38. The molecule has 0 aliphatic heterocycles. The molecule has 0 bridgehead atoms. The molecule has 3 N–H and O–H groups in total. The number of hydrogen-bond donors (Lipinski definition) is 2. The fraction of sp³-hybridized carbons (Fsp3) is 0.0588. The van der Waals surface area contributed by atoms with Gasteiger partial charge in [-0.25, -0.2) is 14.6 Å². The Balaban J connectivity index is 1.99. The second-order valence-corrected chi connectivity index (χ2v) is 5.06. The van der Waals surface area contributed by atoms with E-state index in [9.17, 15) is 9.18 Å². The molecule has 2 amide bonds. The molecular weight excluding hydrogens is 295 g/mol. The van der Waals surface area contributed by atoms with Crippen molar-refractivity contribution in [2.24, 2.45) is 10.8 Å². The highest BCUT2D eigenvalue weighted by molar-refractivity contribution is 5.99. The summed E-state index contributed by atoms with van der Waals surface area (Å²) in [5.41, 5.74) is 9.52. The quantitative estimate of drug-likeness (QED) is 0.564. The van der Waals surface area contributed by atoms with E-state index in [1.807, 2.05) is 41.1 Å². The monoisotopic (exact) mass is 310 g/mol. The zero-order chi connectivity index (χ0) is 16.2. The number of aromatic nitrogens is 1. The fourth-order valence-corrected chi connectivity index (χ4v) is 2.48. The third-order valence-electron chi connectivity index (χ3n) is 3.50. The number of amides is 2. The van der Waals surface area contributed by atoms with Crippen molar-refractivity contribution in [2.75, 3.05) is 0 Å². The molecule has 23 heavy (non-hydrogen) atoms. The Hall–Kier alpha value is -3.15. The first-order chi connectivity index (χ1) is 11.1. The molecule has 0 aliphatic rings. The summed E-state index contributed by atoms with van der Waals surface area (Å²) in [7, 11) is 0. The highest BCUT2D eigenvalue weighted by atomic mass is 19.1. The molecule has 6 heteroatoms. The minimum atomic E-state index is -0.726. The number of hydrazone groups is 1. The SMILES string of the molecule is NC(=O)N/N=C\c1cn(Cc2ccccc2F)c2ccccc12. The molecule has 0 radical (unpaired) electrons. The van der Waals surface area contributed by atoms with Crippen LogP contribution in [0.2, 0.25) is 0 Å². The molecule has 0 saturated heterocycles. The van der Waals surface area contributed by atoms with Gasteiger partial charge in [0.2, 0.25) is 0 Å². The Kier molecular flexibility index (Phi) is 4.05. The van der Waals surface area contributed by atoms with Crippen LogP contribution in [0.15, 0.2) is 59.8 Å². The van der Waals surface area contributed by atoms with E-state index in [0.717, 1.165) is 16.5 Å². The van der Waals surface area contributed by atoms with Crippen LogP contribution in [0.5, 0.6) is 0 Å². The van der Waals surface area contributed by atoms with Gasteiger partial charge < -0.3 is 10.3 Å². The van der Waals surface area contributed by atoms with Gasteiger partial charge in [0.15, 0.2) is 0 Å². The first-order valence-corrected chi connectivity index (χ1v) is 7.05. The molecule has 1 heterocycles. The topological polar surface area (TPSA) is 72.4 Å². The van der Waals surface area contributed by atoms with Crippen molar-refractivity contribution in [3.63, 3.8) is 0 Å². The molecule has 0 atom stereocenters. The van der Waals surface area contributed by atoms with E-state index in [1.54, 1.807) is 12.1 Å². The van der Waals surface area contributed by atoms with Crippen LogP contribution in [0.4, 0.5) is 9.18 Å². The number of carbonyl (C=O) groups is 1. The summed E-state index contributed by atoms with van der Waals surface area (Å²) in [6, 6.07) is 13.7. The number of rotatable bonds is 4. The highest BCUT2D eigenvalue weighted by Gasteiger charge is 2.09. The van der Waals surface area contributed by atoms with Crippen LogP contribution in [0.1, 0.15) is 11.1 Å². The third kappa shape index (κ3) is 3.21. The average Bonchev–Trinajstić information content (AvgIpc) is 2.88.